The van der Waals surface area contributed by atoms with Gasteiger partial charge in [0.1, 0.15) is 6.04 Å². The molecule has 1 unspecified atom stereocenters. The Morgan fingerprint density at radius 2 is 2.19 bits per heavy atom. The average Bonchev–Trinajstić information content (AvgIpc) is 2.22. The van der Waals surface area contributed by atoms with Gasteiger partial charge >= 0.3 is 5.97 Å². The zero-order valence-electron chi connectivity index (χ0n) is 8.81. The first-order valence-electron chi connectivity index (χ1n) is 4.61. The summed E-state index contributed by atoms with van der Waals surface area (Å²) in [5.41, 5.74) is 0.455. The Labute approximate surface area is 103 Å². The maximum Gasteiger partial charge on any atom is 0.326 e. The summed E-state index contributed by atoms with van der Waals surface area (Å²) >= 11 is 11.5. The second-order valence-corrected chi connectivity index (χ2v) is 3.96. The van der Waals surface area contributed by atoms with Crippen LogP contribution in [0.25, 0.3) is 0 Å². The highest BCUT2D eigenvalue weighted by Gasteiger charge is 2.23. The summed E-state index contributed by atoms with van der Waals surface area (Å²) in [7, 11) is 1.63. The van der Waals surface area contributed by atoms with Crippen LogP contribution in [0.15, 0.2) is 6.07 Å². The highest BCUT2D eigenvalue weighted by Crippen LogP contribution is 2.26. The number of nitrogens with zero attached hydrogens (tertiary/aromatic N) is 3. The molecular weight excluding hydrogens is 253 g/mol. The van der Waals surface area contributed by atoms with E-state index in [9.17, 15) is 4.79 Å². The third-order valence-corrected chi connectivity index (χ3v) is 2.67. The second kappa shape index (κ2) is 5.32. The maximum absolute atomic E-state index is 11.0. The monoisotopic (exact) mass is 263 g/mol. The van der Waals surface area contributed by atoms with Crippen LogP contribution in [-0.4, -0.2) is 34.4 Å². The highest BCUT2D eigenvalue weighted by atomic mass is 35.5. The number of carbonyl (C=O) groups is 1. The number of hydrogen-bond donors (Lipinski definition) is 1. The Balaban J connectivity index is 3.07. The van der Waals surface area contributed by atoms with E-state index in [2.05, 4.69) is 10.2 Å². The van der Waals surface area contributed by atoms with Crippen molar-refractivity contribution in [2.45, 2.75) is 19.4 Å². The fourth-order valence-corrected chi connectivity index (χ4v) is 1.74. The van der Waals surface area contributed by atoms with E-state index < -0.39 is 12.0 Å². The summed E-state index contributed by atoms with van der Waals surface area (Å²) in [6, 6.07) is 0.820. The Bertz CT molecular complexity index is 400. The smallest absolute Gasteiger partial charge is 0.326 e. The molecular formula is C9H11Cl2N3O2. The number of carboxylic acid groups (broad SMARTS) is 1. The molecule has 0 aromatic carbocycles. The van der Waals surface area contributed by atoms with Crippen LogP contribution in [0.4, 0.5) is 5.69 Å². The number of hydrogen-bond acceptors (Lipinski definition) is 4. The fraction of sp³-hybridized carbons (Fsp3) is 0.444. The molecule has 1 N–H and O–H groups in total. The average molecular weight is 264 g/mol. The van der Waals surface area contributed by atoms with Crippen molar-refractivity contribution < 1.29 is 9.90 Å². The molecule has 0 bridgehead atoms. The lowest BCUT2D eigenvalue weighted by atomic mass is 10.2. The molecule has 0 saturated heterocycles. The maximum atomic E-state index is 11.0. The van der Waals surface area contributed by atoms with Crippen LogP contribution in [0.1, 0.15) is 13.3 Å². The number of anilines is 1. The van der Waals surface area contributed by atoms with Crippen molar-refractivity contribution >= 4 is 34.9 Å². The van der Waals surface area contributed by atoms with E-state index in [1.54, 1.807) is 14.0 Å². The van der Waals surface area contributed by atoms with Gasteiger partial charge in [0.25, 0.3) is 0 Å². The molecule has 1 atom stereocenters. The Morgan fingerprint density at radius 3 is 2.69 bits per heavy atom. The molecule has 7 heteroatoms. The van der Waals surface area contributed by atoms with E-state index in [1.807, 2.05) is 0 Å². The predicted molar refractivity (Wildman–Crippen MR) is 62.2 cm³/mol. The Morgan fingerprint density at radius 1 is 1.56 bits per heavy atom. The van der Waals surface area contributed by atoms with Gasteiger partial charge in [-0.1, -0.05) is 30.1 Å². The van der Waals surface area contributed by atoms with Crippen molar-refractivity contribution in [3.8, 4) is 0 Å². The van der Waals surface area contributed by atoms with Gasteiger partial charge in [0.2, 0.25) is 0 Å². The van der Waals surface area contributed by atoms with Gasteiger partial charge in [-0.15, -0.1) is 10.2 Å². The van der Waals surface area contributed by atoms with E-state index in [1.165, 1.54) is 11.0 Å². The third kappa shape index (κ3) is 2.74. The third-order valence-electron chi connectivity index (χ3n) is 2.22. The van der Waals surface area contributed by atoms with Gasteiger partial charge in [-0.05, 0) is 6.42 Å². The molecule has 0 aliphatic heterocycles. The highest BCUT2D eigenvalue weighted by molar-refractivity contribution is 6.33. The van der Waals surface area contributed by atoms with Gasteiger partial charge in [-0.3, -0.25) is 0 Å². The van der Waals surface area contributed by atoms with E-state index in [0.717, 1.165) is 0 Å². The molecule has 1 heterocycles. The van der Waals surface area contributed by atoms with Crippen LogP contribution >= 0.6 is 23.2 Å². The SMILES string of the molecule is CCC(C(=O)O)N(C)c1cc(Cl)nnc1Cl. The first-order chi connectivity index (χ1) is 7.47. The fourth-order valence-electron chi connectivity index (χ4n) is 1.37. The minimum atomic E-state index is -0.922. The van der Waals surface area contributed by atoms with E-state index >= 15 is 0 Å². The van der Waals surface area contributed by atoms with Gasteiger partial charge in [-0.2, -0.15) is 0 Å². The number of carboxylic acids is 1. The largest absolute Gasteiger partial charge is 0.480 e. The van der Waals surface area contributed by atoms with Crippen LogP contribution in [0.3, 0.4) is 0 Å². The number of aliphatic carboxylic acids is 1. The molecule has 88 valence electrons. The summed E-state index contributed by atoms with van der Waals surface area (Å²) < 4.78 is 0. The summed E-state index contributed by atoms with van der Waals surface area (Å²) in [5.74, 6) is -0.922. The van der Waals surface area contributed by atoms with Crippen LogP contribution in [0.2, 0.25) is 10.3 Å². The van der Waals surface area contributed by atoms with Crippen molar-refractivity contribution in [2.24, 2.45) is 0 Å². The normalized spacial score (nSPS) is 12.2. The second-order valence-electron chi connectivity index (χ2n) is 3.22. The van der Waals surface area contributed by atoms with Gasteiger partial charge in [0.15, 0.2) is 10.3 Å². The molecule has 0 spiro atoms. The van der Waals surface area contributed by atoms with E-state index in [-0.39, 0.29) is 10.3 Å². The van der Waals surface area contributed by atoms with Crippen LogP contribution in [0, 0.1) is 0 Å². The molecule has 0 amide bonds. The minimum absolute atomic E-state index is 0.131. The lowest BCUT2D eigenvalue weighted by Crippen LogP contribution is -2.38. The van der Waals surface area contributed by atoms with Gasteiger partial charge < -0.3 is 10.0 Å². The zero-order chi connectivity index (χ0) is 12.3. The van der Waals surface area contributed by atoms with Crippen LogP contribution in [-0.2, 0) is 4.79 Å². The first-order valence-corrected chi connectivity index (χ1v) is 5.37. The van der Waals surface area contributed by atoms with Crippen molar-refractivity contribution in [2.75, 3.05) is 11.9 Å². The molecule has 5 nitrogen and oxygen atoms in total. The summed E-state index contributed by atoms with van der Waals surface area (Å²) in [5, 5.41) is 16.5. The number of likely N-dealkylation sites (N-methyl/N-ethyl adjacent to an activating group) is 1. The molecule has 16 heavy (non-hydrogen) atoms. The molecule has 0 fully saturated rings. The van der Waals surface area contributed by atoms with Gasteiger partial charge in [-0.25, -0.2) is 4.79 Å². The quantitative estimate of drug-likeness (QED) is 0.901. The van der Waals surface area contributed by atoms with Gasteiger partial charge in [0, 0.05) is 13.1 Å². The van der Waals surface area contributed by atoms with E-state index in [0.29, 0.717) is 12.1 Å². The van der Waals surface area contributed by atoms with Crippen molar-refractivity contribution in [1.29, 1.82) is 0 Å². The molecule has 0 aliphatic carbocycles. The number of aromatic nitrogens is 2. The van der Waals surface area contributed by atoms with Crippen LogP contribution in [0.5, 0.6) is 0 Å². The molecule has 0 radical (unpaired) electrons. The van der Waals surface area contributed by atoms with Crippen molar-refractivity contribution in [1.82, 2.24) is 10.2 Å². The molecule has 1 aromatic heterocycles. The topological polar surface area (TPSA) is 66.3 Å². The van der Waals surface area contributed by atoms with Crippen molar-refractivity contribution in [3.63, 3.8) is 0 Å². The number of halogens is 2. The number of rotatable bonds is 4. The minimum Gasteiger partial charge on any atom is -0.480 e. The summed E-state index contributed by atoms with van der Waals surface area (Å²) in [6.07, 6.45) is 0.447. The van der Waals surface area contributed by atoms with Crippen molar-refractivity contribution in [3.05, 3.63) is 16.4 Å². The van der Waals surface area contributed by atoms with E-state index in [4.69, 9.17) is 28.3 Å². The Hall–Kier alpha value is -1.07. The predicted octanol–water partition coefficient (Wildman–Crippen LogP) is 2.08. The zero-order valence-corrected chi connectivity index (χ0v) is 10.3. The van der Waals surface area contributed by atoms with Gasteiger partial charge in [0.05, 0.1) is 5.69 Å². The molecule has 1 rings (SSSR count). The lowest BCUT2D eigenvalue weighted by Gasteiger charge is -2.25. The molecule has 0 aliphatic rings. The summed E-state index contributed by atoms with van der Waals surface area (Å²) in [4.78, 5) is 12.5. The Kier molecular flexibility index (Phi) is 4.32. The molecule has 0 saturated carbocycles. The van der Waals surface area contributed by atoms with Crippen LogP contribution < -0.4 is 4.90 Å². The lowest BCUT2D eigenvalue weighted by molar-refractivity contribution is -0.138. The first kappa shape index (κ1) is 13.0. The summed E-state index contributed by atoms with van der Waals surface area (Å²) in [6.45, 7) is 1.78. The standard InChI is InChI=1S/C9H11Cl2N3O2/c1-3-5(9(15)16)14(2)6-4-7(10)12-13-8(6)11/h4-5H,3H2,1-2H3,(H,15,16). The molecule has 1 aromatic rings.